The van der Waals surface area contributed by atoms with Crippen LogP contribution in [0, 0.1) is 5.92 Å². The zero-order chi connectivity index (χ0) is 13.4. The molecular formula is C15H23NO2. The van der Waals surface area contributed by atoms with Gasteiger partial charge in [0.25, 0.3) is 0 Å². The number of methoxy groups -OCH3 is 1. The number of carbonyl (C=O) groups is 1. The Morgan fingerprint density at radius 2 is 1.83 bits per heavy atom. The van der Waals surface area contributed by atoms with E-state index < -0.39 is 0 Å². The van der Waals surface area contributed by atoms with Gasteiger partial charge in [-0.2, -0.15) is 0 Å². The highest BCUT2D eigenvalue weighted by Gasteiger charge is 2.15. The van der Waals surface area contributed by atoms with E-state index in [4.69, 9.17) is 4.74 Å². The normalized spacial score (nSPS) is 12.2. The van der Waals surface area contributed by atoms with Crippen LogP contribution in [-0.4, -0.2) is 19.6 Å². The summed E-state index contributed by atoms with van der Waals surface area (Å²) in [7, 11) is 1.44. The first-order valence-electron chi connectivity index (χ1n) is 6.57. The molecule has 0 spiro atoms. The Hall–Kier alpha value is -1.35. The average molecular weight is 249 g/mol. The molecule has 1 aromatic rings. The minimum absolute atomic E-state index is 0.0510. The van der Waals surface area contributed by atoms with E-state index in [0.29, 0.717) is 6.54 Å². The van der Waals surface area contributed by atoms with Crippen molar-refractivity contribution in [1.29, 1.82) is 0 Å². The van der Waals surface area contributed by atoms with Gasteiger partial charge in [-0.15, -0.1) is 0 Å². The highest BCUT2D eigenvalue weighted by atomic mass is 16.5. The van der Waals surface area contributed by atoms with Gasteiger partial charge in [-0.1, -0.05) is 38.1 Å². The first-order valence-corrected chi connectivity index (χ1v) is 6.57. The summed E-state index contributed by atoms with van der Waals surface area (Å²) in [5, 5.41) is 3.30. The van der Waals surface area contributed by atoms with E-state index in [1.165, 1.54) is 18.2 Å². The lowest BCUT2D eigenvalue weighted by Gasteiger charge is -2.13. The van der Waals surface area contributed by atoms with Crippen LogP contribution < -0.4 is 5.32 Å². The van der Waals surface area contributed by atoms with Gasteiger partial charge in [0.1, 0.15) is 0 Å². The fourth-order valence-electron chi connectivity index (χ4n) is 1.84. The molecule has 3 heteroatoms. The van der Waals surface area contributed by atoms with Gasteiger partial charge in [0.15, 0.2) is 0 Å². The van der Waals surface area contributed by atoms with E-state index in [2.05, 4.69) is 36.5 Å². The number of aryl methyl sites for hydroxylation is 1. The predicted molar refractivity (Wildman–Crippen MR) is 73.3 cm³/mol. The Bertz CT molecular complexity index is 359. The number of carbonyl (C=O) groups excluding carboxylic acids is 1. The highest BCUT2D eigenvalue weighted by molar-refractivity contribution is 5.72. The minimum atomic E-state index is -0.133. The van der Waals surface area contributed by atoms with Crippen molar-refractivity contribution in [2.24, 2.45) is 5.92 Å². The molecule has 3 nitrogen and oxygen atoms in total. The fraction of sp³-hybridized carbons (Fsp3) is 0.533. The summed E-state index contributed by atoms with van der Waals surface area (Å²) >= 11 is 0. The predicted octanol–water partition coefficient (Wildman–Crippen LogP) is 2.54. The number of benzene rings is 1. The molecule has 1 aromatic carbocycles. The molecule has 0 aliphatic rings. The Morgan fingerprint density at radius 1 is 1.22 bits per heavy atom. The van der Waals surface area contributed by atoms with Crippen LogP contribution in [0.1, 0.15) is 31.4 Å². The standard InChI is InChI=1S/C15H23NO2/c1-4-12-6-8-13(9-7-12)10-16-11-14(5-2)15(17)18-3/h6-9,14,16H,4-5,10-11H2,1-3H3. The zero-order valence-electron chi connectivity index (χ0n) is 11.5. The second kappa shape index (κ2) is 7.88. The van der Waals surface area contributed by atoms with Crippen LogP contribution in [-0.2, 0) is 22.5 Å². The maximum absolute atomic E-state index is 11.4. The summed E-state index contributed by atoms with van der Waals surface area (Å²) in [5.74, 6) is -0.184. The van der Waals surface area contributed by atoms with Crippen molar-refractivity contribution in [1.82, 2.24) is 5.32 Å². The molecule has 1 unspecified atom stereocenters. The molecule has 0 saturated carbocycles. The largest absolute Gasteiger partial charge is 0.469 e. The van der Waals surface area contributed by atoms with Gasteiger partial charge in [-0.25, -0.2) is 0 Å². The number of hydrogen-bond donors (Lipinski definition) is 1. The van der Waals surface area contributed by atoms with Crippen molar-refractivity contribution < 1.29 is 9.53 Å². The van der Waals surface area contributed by atoms with Crippen molar-refractivity contribution >= 4 is 5.97 Å². The van der Waals surface area contributed by atoms with Crippen molar-refractivity contribution in [3.8, 4) is 0 Å². The molecule has 100 valence electrons. The maximum Gasteiger partial charge on any atom is 0.309 e. The zero-order valence-corrected chi connectivity index (χ0v) is 11.5. The van der Waals surface area contributed by atoms with E-state index in [9.17, 15) is 4.79 Å². The Kier molecular flexibility index (Phi) is 6.44. The summed E-state index contributed by atoms with van der Waals surface area (Å²) in [5.41, 5.74) is 2.59. The van der Waals surface area contributed by atoms with Gasteiger partial charge in [-0.3, -0.25) is 4.79 Å². The van der Waals surface area contributed by atoms with Crippen molar-refractivity contribution in [2.45, 2.75) is 33.2 Å². The Labute approximate surface area is 110 Å². The van der Waals surface area contributed by atoms with Crippen molar-refractivity contribution in [3.05, 3.63) is 35.4 Å². The molecule has 0 bridgehead atoms. The molecule has 1 rings (SSSR count). The van der Waals surface area contributed by atoms with E-state index in [-0.39, 0.29) is 11.9 Å². The molecule has 0 amide bonds. The Morgan fingerprint density at radius 3 is 2.33 bits per heavy atom. The summed E-state index contributed by atoms with van der Waals surface area (Å²) in [4.78, 5) is 11.4. The lowest BCUT2D eigenvalue weighted by molar-refractivity contribution is -0.145. The molecular weight excluding hydrogens is 226 g/mol. The number of hydrogen-bond acceptors (Lipinski definition) is 3. The molecule has 0 aromatic heterocycles. The third kappa shape index (κ3) is 4.49. The van der Waals surface area contributed by atoms with Crippen LogP contribution in [0.15, 0.2) is 24.3 Å². The van der Waals surface area contributed by atoms with Crippen molar-refractivity contribution in [2.75, 3.05) is 13.7 Å². The molecule has 0 saturated heterocycles. The van der Waals surface area contributed by atoms with Crippen LogP contribution in [0.3, 0.4) is 0 Å². The SMILES string of the molecule is CCc1ccc(CNCC(CC)C(=O)OC)cc1. The third-order valence-electron chi connectivity index (χ3n) is 3.18. The summed E-state index contributed by atoms with van der Waals surface area (Å²) in [6.07, 6.45) is 1.86. The van der Waals surface area contributed by atoms with E-state index in [1.54, 1.807) is 0 Å². The maximum atomic E-state index is 11.4. The monoisotopic (exact) mass is 249 g/mol. The van der Waals surface area contributed by atoms with Gasteiger partial charge in [-0.05, 0) is 24.0 Å². The summed E-state index contributed by atoms with van der Waals surface area (Å²) < 4.78 is 4.76. The minimum Gasteiger partial charge on any atom is -0.469 e. The molecule has 0 radical (unpaired) electrons. The first kappa shape index (κ1) is 14.7. The van der Waals surface area contributed by atoms with E-state index >= 15 is 0 Å². The second-order valence-electron chi connectivity index (χ2n) is 4.43. The van der Waals surface area contributed by atoms with Crippen LogP contribution in [0.4, 0.5) is 0 Å². The van der Waals surface area contributed by atoms with Crippen LogP contribution in [0.25, 0.3) is 0 Å². The highest BCUT2D eigenvalue weighted by Crippen LogP contribution is 2.06. The number of esters is 1. The summed E-state index contributed by atoms with van der Waals surface area (Å²) in [6.45, 7) is 5.60. The third-order valence-corrected chi connectivity index (χ3v) is 3.18. The molecule has 18 heavy (non-hydrogen) atoms. The molecule has 0 aliphatic heterocycles. The van der Waals surface area contributed by atoms with Crippen molar-refractivity contribution in [3.63, 3.8) is 0 Å². The quantitative estimate of drug-likeness (QED) is 0.755. The van der Waals surface area contributed by atoms with Gasteiger partial charge in [0.2, 0.25) is 0 Å². The molecule has 1 N–H and O–H groups in total. The molecule has 1 atom stereocenters. The molecule has 0 heterocycles. The number of nitrogens with one attached hydrogen (secondary N) is 1. The van der Waals surface area contributed by atoms with E-state index in [1.807, 2.05) is 6.92 Å². The summed E-state index contributed by atoms with van der Waals surface area (Å²) in [6, 6.07) is 8.55. The topological polar surface area (TPSA) is 38.3 Å². The van der Waals surface area contributed by atoms with Crippen LogP contribution >= 0.6 is 0 Å². The average Bonchev–Trinajstić information content (AvgIpc) is 2.43. The molecule has 0 fully saturated rings. The van der Waals surface area contributed by atoms with Gasteiger partial charge in [0.05, 0.1) is 13.0 Å². The second-order valence-corrected chi connectivity index (χ2v) is 4.43. The lowest BCUT2D eigenvalue weighted by atomic mass is 10.1. The van der Waals surface area contributed by atoms with Crippen LogP contribution in [0.5, 0.6) is 0 Å². The van der Waals surface area contributed by atoms with Gasteiger partial charge < -0.3 is 10.1 Å². The van der Waals surface area contributed by atoms with Gasteiger partial charge >= 0.3 is 5.97 Å². The Balaban J connectivity index is 2.37. The van der Waals surface area contributed by atoms with Gasteiger partial charge in [0, 0.05) is 13.1 Å². The molecule has 0 aliphatic carbocycles. The fourth-order valence-corrected chi connectivity index (χ4v) is 1.84. The number of ether oxygens (including phenoxy) is 1. The van der Waals surface area contributed by atoms with E-state index in [0.717, 1.165) is 19.4 Å². The lowest BCUT2D eigenvalue weighted by Crippen LogP contribution is -2.28. The first-order chi connectivity index (χ1) is 8.71. The number of rotatable bonds is 7. The smallest absolute Gasteiger partial charge is 0.309 e. The van der Waals surface area contributed by atoms with Crippen LogP contribution in [0.2, 0.25) is 0 Å².